The maximum Gasteiger partial charge on any atom is 0.0933 e. The van der Waals surface area contributed by atoms with Crippen LogP contribution in [0.15, 0.2) is 60.7 Å². The van der Waals surface area contributed by atoms with E-state index in [0.29, 0.717) is 6.61 Å². The zero-order valence-electron chi connectivity index (χ0n) is 9.80. The Morgan fingerprint density at radius 3 is 2.00 bits per heavy atom. The number of hydrogen-bond donors (Lipinski definition) is 1. The lowest BCUT2D eigenvalue weighted by molar-refractivity contribution is 0.0288. The standard InChI is InChI=1S/C15H17NO/c1-3-7-14(8-4-1)11-12-16-17-13-15-9-5-2-6-10-15/h1-10,16H,11-13H2. The fourth-order valence-electron chi connectivity index (χ4n) is 1.62. The third-order valence-electron chi connectivity index (χ3n) is 2.54. The van der Waals surface area contributed by atoms with Gasteiger partial charge >= 0.3 is 0 Å². The molecule has 0 amide bonds. The molecule has 0 fully saturated rings. The molecule has 0 aliphatic carbocycles. The quantitative estimate of drug-likeness (QED) is 0.605. The number of benzene rings is 2. The largest absolute Gasteiger partial charge is 0.297 e. The van der Waals surface area contributed by atoms with Crippen LogP contribution in [-0.4, -0.2) is 6.54 Å². The molecule has 0 saturated heterocycles. The second-order valence-electron chi connectivity index (χ2n) is 3.90. The van der Waals surface area contributed by atoms with Gasteiger partial charge in [-0.25, -0.2) is 5.48 Å². The summed E-state index contributed by atoms with van der Waals surface area (Å²) in [5, 5.41) is 0. The molecule has 0 unspecified atom stereocenters. The SMILES string of the molecule is c1ccc(CCNOCc2ccccc2)cc1. The van der Waals surface area contributed by atoms with Crippen LogP contribution >= 0.6 is 0 Å². The minimum absolute atomic E-state index is 0.607. The van der Waals surface area contributed by atoms with E-state index in [9.17, 15) is 0 Å². The lowest BCUT2D eigenvalue weighted by Gasteiger charge is -2.05. The van der Waals surface area contributed by atoms with Gasteiger partial charge in [0, 0.05) is 6.54 Å². The molecule has 2 nitrogen and oxygen atoms in total. The number of nitrogens with one attached hydrogen (secondary N) is 1. The van der Waals surface area contributed by atoms with Crippen molar-refractivity contribution in [2.75, 3.05) is 6.54 Å². The van der Waals surface area contributed by atoms with E-state index in [1.54, 1.807) is 0 Å². The zero-order chi connectivity index (χ0) is 11.8. The molecule has 0 bridgehead atoms. The minimum atomic E-state index is 0.607. The number of hydrogen-bond acceptors (Lipinski definition) is 2. The monoisotopic (exact) mass is 227 g/mol. The predicted octanol–water partition coefficient (Wildman–Crippen LogP) is 2.95. The van der Waals surface area contributed by atoms with Crippen molar-refractivity contribution in [2.45, 2.75) is 13.0 Å². The van der Waals surface area contributed by atoms with Gasteiger partial charge in [0.05, 0.1) is 6.61 Å². The molecule has 2 aromatic rings. The van der Waals surface area contributed by atoms with Gasteiger partial charge in [0.25, 0.3) is 0 Å². The first kappa shape index (κ1) is 11.8. The molecule has 2 rings (SSSR count). The molecule has 0 aliphatic heterocycles. The molecule has 0 atom stereocenters. The van der Waals surface area contributed by atoms with Gasteiger partial charge in [-0.3, -0.25) is 4.84 Å². The average molecular weight is 227 g/mol. The van der Waals surface area contributed by atoms with Gasteiger partial charge in [-0.15, -0.1) is 0 Å². The van der Waals surface area contributed by atoms with Gasteiger partial charge in [-0.1, -0.05) is 60.7 Å². The van der Waals surface area contributed by atoms with Crippen LogP contribution in [0.25, 0.3) is 0 Å². The second kappa shape index (κ2) is 6.84. The minimum Gasteiger partial charge on any atom is -0.297 e. The van der Waals surface area contributed by atoms with E-state index >= 15 is 0 Å². The van der Waals surface area contributed by atoms with Gasteiger partial charge < -0.3 is 0 Å². The topological polar surface area (TPSA) is 21.3 Å². The van der Waals surface area contributed by atoms with E-state index in [0.717, 1.165) is 13.0 Å². The van der Waals surface area contributed by atoms with Gasteiger partial charge in [0.15, 0.2) is 0 Å². The van der Waals surface area contributed by atoms with Crippen molar-refractivity contribution < 1.29 is 4.84 Å². The number of hydroxylamine groups is 1. The Bertz CT molecular complexity index is 372. The molecule has 2 heteroatoms. The maximum atomic E-state index is 5.39. The van der Waals surface area contributed by atoms with E-state index < -0.39 is 0 Å². The Morgan fingerprint density at radius 2 is 1.35 bits per heavy atom. The van der Waals surface area contributed by atoms with E-state index in [1.807, 2.05) is 24.3 Å². The molecular weight excluding hydrogens is 210 g/mol. The van der Waals surface area contributed by atoms with Gasteiger partial charge in [0.2, 0.25) is 0 Å². The van der Waals surface area contributed by atoms with Crippen molar-refractivity contribution in [1.82, 2.24) is 5.48 Å². The van der Waals surface area contributed by atoms with Crippen LogP contribution in [0.1, 0.15) is 11.1 Å². The van der Waals surface area contributed by atoms with Crippen LogP contribution < -0.4 is 5.48 Å². The smallest absolute Gasteiger partial charge is 0.0933 e. The highest BCUT2D eigenvalue weighted by Crippen LogP contribution is 2.00. The molecule has 17 heavy (non-hydrogen) atoms. The Balaban J connectivity index is 1.61. The number of rotatable bonds is 6. The molecule has 2 aromatic carbocycles. The first-order valence-corrected chi connectivity index (χ1v) is 5.87. The molecule has 0 aliphatic rings. The molecule has 88 valence electrons. The predicted molar refractivity (Wildman–Crippen MR) is 69.4 cm³/mol. The lowest BCUT2D eigenvalue weighted by Crippen LogP contribution is -2.17. The Kier molecular flexibility index (Phi) is 4.76. The van der Waals surface area contributed by atoms with Crippen LogP contribution in [-0.2, 0) is 17.9 Å². The highest BCUT2D eigenvalue weighted by molar-refractivity contribution is 5.15. The Labute approximate surface area is 102 Å². The van der Waals surface area contributed by atoms with Crippen LogP contribution in [0.3, 0.4) is 0 Å². The summed E-state index contributed by atoms with van der Waals surface area (Å²) < 4.78 is 0. The lowest BCUT2D eigenvalue weighted by atomic mass is 10.2. The van der Waals surface area contributed by atoms with E-state index in [1.165, 1.54) is 11.1 Å². The van der Waals surface area contributed by atoms with Crippen LogP contribution in [0.4, 0.5) is 0 Å². The molecule has 0 saturated carbocycles. The Morgan fingerprint density at radius 1 is 0.765 bits per heavy atom. The third-order valence-corrected chi connectivity index (χ3v) is 2.54. The molecule has 0 radical (unpaired) electrons. The molecule has 0 spiro atoms. The molecular formula is C15H17NO. The summed E-state index contributed by atoms with van der Waals surface area (Å²) in [5.41, 5.74) is 5.49. The van der Waals surface area contributed by atoms with Gasteiger partial charge in [-0.05, 0) is 17.5 Å². The van der Waals surface area contributed by atoms with E-state index in [4.69, 9.17) is 4.84 Å². The Hall–Kier alpha value is -1.64. The summed E-state index contributed by atoms with van der Waals surface area (Å²) in [6.07, 6.45) is 0.982. The molecule has 0 aromatic heterocycles. The van der Waals surface area contributed by atoms with Crippen LogP contribution in [0.2, 0.25) is 0 Å². The third kappa shape index (κ3) is 4.39. The van der Waals surface area contributed by atoms with E-state index in [2.05, 4.69) is 41.9 Å². The van der Waals surface area contributed by atoms with Crippen molar-refractivity contribution in [2.24, 2.45) is 0 Å². The van der Waals surface area contributed by atoms with Gasteiger partial charge in [-0.2, -0.15) is 0 Å². The van der Waals surface area contributed by atoms with Crippen LogP contribution in [0, 0.1) is 0 Å². The summed E-state index contributed by atoms with van der Waals surface area (Å²) in [4.78, 5) is 5.39. The summed E-state index contributed by atoms with van der Waals surface area (Å²) in [6, 6.07) is 20.5. The van der Waals surface area contributed by atoms with Gasteiger partial charge in [0.1, 0.15) is 0 Å². The van der Waals surface area contributed by atoms with Crippen molar-refractivity contribution in [3.63, 3.8) is 0 Å². The van der Waals surface area contributed by atoms with E-state index in [-0.39, 0.29) is 0 Å². The highest BCUT2D eigenvalue weighted by Gasteiger charge is 1.93. The maximum absolute atomic E-state index is 5.39. The summed E-state index contributed by atoms with van der Waals surface area (Å²) >= 11 is 0. The summed E-state index contributed by atoms with van der Waals surface area (Å²) in [6.45, 7) is 1.44. The zero-order valence-corrected chi connectivity index (χ0v) is 9.80. The fourth-order valence-corrected chi connectivity index (χ4v) is 1.62. The van der Waals surface area contributed by atoms with Crippen molar-refractivity contribution in [3.05, 3.63) is 71.8 Å². The fraction of sp³-hybridized carbons (Fsp3) is 0.200. The first-order chi connectivity index (χ1) is 8.45. The van der Waals surface area contributed by atoms with Crippen molar-refractivity contribution in [3.8, 4) is 0 Å². The highest BCUT2D eigenvalue weighted by atomic mass is 16.6. The first-order valence-electron chi connectivity index (χ1n) is 5.87. The second-order valence-corrected chi connectivity index (χ2v) is 3.90. The molecule has 1 N–H and O–H groups in total. The normalized spacial score (nSPS) is 10.4. The average Bonchev–Trinajstić information content (AvgIpc) is 2.41. The summed E-state index contributed by atoms with van der Waals surface area (Å²) in [5.74, 6) is 0. The molecule has 0 heterocycles. The van der Waals surface area contributed by atoms with Crippen molar-refractivity contribution >= 4 is 0 Å². The van der Waals surface area contributed by atoms with Crippen LogP contribution in [0.5, 0.6) is 0 Å². The summed E-state index contributed by atoms with van der Waals surface area (Å²) in [7, 11) is 0. The van der Waals surface area contributed by atoms with Crippen molar-refractivity contribution in [1.29, 1.82) is 0 Å².